The molecule has 0 radical (unpaired) electrons. The van der Waals surface area contributed by atoms with Crippen LogP contribution in [0.5, 0.6) is 17.2 Å². The minimum atomic E-state index is -0.197. The summed E-state index contributed by atoms with van der Waals surface area (Å²) >= 11 is 0. The lowest BCUT2D eigenvalue weighted by molar-refractivity contribution is 0.165. The highest BCUT2D eigenvalue weighted by Gasteiger charge is 2.19. The molecule has 1 aliphatic heterocycles. The van der Waals surface area contributed by atoms with Gasteiger partial charge in [-0.25, -0.2) is 0 Å². The second-order valence-corrected chi connectivity index (χ2v) is 4.83. The molecule has 0 unspecified atom stereocenters. The number of rotatable bonds is 3. The molecule has 0 amide bonds. The first-order chi connectivity index (χ1) is 10.7. The Kier molecular flexibility index (Phi) is 3.98. The third-order valence-corrected chi connectivity index (χ3v) is 3.57. The van der Waals surface area contributed by atoms with E-state index >= 15 is 0 Å². The lowest BCUT2D eigenvalue weighted by Gasteiger charge is -2.22. The lowest BCUT2D eigenvalue weighted by atomic mass is 9.99. The molecule has 0 spiro atoms. The van der Waals surface area contributed by atoms with Gasteiger partial charge in [0.1, 0.15) is 13.2 Å². The number of benzene rings is 1. The van der Waals surface area contributed by atoms with Gasteiger partial charge in [-0.05, 0) is 29.3 Å². The minimum Gasteiger partial charge on any atom is -0.493 e. The van der Waals surface area contributed by atoms with Crippen LogP contribution in [0.15, 0.2) is 41.2 Å². The van der Waals surface area contributed by atoms with E-state index < -0.39 is 0 Å². The molecule has 22 heavy (non-hydrogen) atoms. The van der Waals surface area contributed by atoms with Crippen molar-refractivity contribution in [3.05, 3.63) is 52.2 Å². The average Bonchev–Trinajstić information content (AvgIpc) is 2.75. The molecular weight excluding hydrogens is 284 g/mol. The molecule has 1 heterocycles. The van der Waals surface area contributed by atoms with E-state index in [0.717, 1.165) is 11.1 Å². The molecule has 0 fully saturated rings. The van der Waals surface area contributed by atoms with Gasteiger partial charge in [-0.2, -0.15) is 0 Å². The minimum absolute atomic E-state index is 0.179. The van der Waals surface area contributed by atoms with Gasteiger partial charge in [0.25, 0.3) is 0 Å². The molecule has 0 saturated carbocycles. The monoisotopic (exact) mass is 300 g/mol. The third-order valence-electron chi connectivity index (χ3n) is 3.57. The summed E-state index contributed by atoms with van der Waals surface area (Å²) in [6.45, 7) is 0.765. The van der Waals surface area contributed by atoms with E-state index in [2.05, 4.69) is 0 Å². The van der Waals surface area contributed by atoms with E-state index in [9.17, 15) is 9.90 Å². The predicted molar refractivity (Wildman–Crippen MR) is 81.6 cm³/mol. The van der Waals surface area contributed by atoms with E-state index in [4.69, 9.17) is 14.2 Å². The van der Waals surface area contributed by atoms with E-state index in [-0.39, 0.29) is 17.8 Å². The van der Waals surface area contributed by atoms with Gasteiger partial charge in [0.05, 0.1) is 13.7 Å². The first kappa shape index (κ1) is 14.4. The molecule has 0 saturated heterocycles. The van der Waals surface area contributed by atoms with Gasteiger partial charge in [0.2, 0.25) is 5.43 Å². The zero-order valence-corrected chi connectivity index (χ0v) is 12.2. The summed E-state index contributed by atoms with van der Waals surface area (Å²) in [6.07, 6.45) is 0. The molecule has 5 heteroatoms. The van der Waals surface area contributed by atoms with Crippen LogP contribution < -0.4 is 19.6 Å². The van der Waals surface area contributed by atoms with Crippen LogP contribution in [0.25, 0.3) is 11.1 Å². The Hall–Kier alpha value is -2.53. The molecule has 114 valence electrons. The highest BCUT2D eigenvalue weighted by molar-refractivity contribution is 5.72. The Morgan fingerprint density at radius 1 is 1.09 bits per heavy atom. The highest BCUT2D eigenvalue weighted by Crippen LogP contribution is 2.39. The molecule has 0 aromatic heterocycles. The molecule has 0 atom stereocenters. The zero-order chi connectivity index (χ0) is 15.5. The van der Waals surface area contributed by atoms with Crippen LogP contribution >= 0.6 is 0 Å². The van der Waals surface area contributed by atoms with Crippen molar-refractivity contribution in [2.45, 2.75) is 6.61 Å². The van der Waals surface area contributed by atoms with Crippen LogP contribution in [-0.4, -0.2) is 25.4 Å². The van der Waals surface area contributed by atoms with Crippen molar-refractivity contribution < 1.29 is 19.3 Å². The van der Waals surface area contributed by atoms with Crippen molar-refractivity contribution in [2.75, 3.05) is 20.3 Å². The summed E-state index contributed by atoms with van der Waals surface area (Å²) in [6, 6.07) is 10.2. The first-order valence-electron chi connectivity index (χ1n) is 6.95. The van der Waals surface area contributed by atoms with E-state index in [0.29, 0.717) is 30.3 Å². The smallest absolute Gasteiger partial charge is 0.220 e. The van der Waals surface area contributed by atoms with Crippen molar-refractivity contribution in [3.63, 3.8) is 0 Å². The number of hydrogen-bond donors (Lipinski definition) is 1. The molecular formula is C17H16O5. The molecule has 3 rings (SSSR count). The molecule has 0 aliphatic carbocycles. The first-order valence-corrected chi connectivity index (χ1v) is 6.95. The fraction of sp³-hybridized carbons (Fsp3) is 0.235. The number of aliphatic hydroxyl groups is 1. The number of hydrogen-bond acceptors (Lipinski definition) is 5. The van der Waals surface area contributed by atoms with Crippen molar-refractivity contribution in [2.24, 2.45) is 0 Å². The predicted octanol–water partition coefficient (Wildman–Crippen LogP) is 1.99. The SMILES string of the molecule is COc1ccc(-c2ccc3c(c2CO)OCCO3)ccc1=O. The second-order valence-electron chi connectivity index (χ2n) is 4.83. The summed E-state index contributed by atoms with van der Waals surface area (Å²) in [5.74, 6) is 1.46. The van der Waals surface area contributed by atoms with Gasteiger partial charge in [0.15, 0.2) is 17.2 Å². The molecule has 2 aromatic carbocycles. The van der Waals surface area contributed by atoms with Crippen LogP contribution in [-0.2, 0) is 6.61 Å². The molecule has 0 bridgehead atoms. The van der Waals surface area contributed by atoms with Crippen molar-refractivity contribution >= 4 is 0 Å². The number of ether oxygens (including phenoxy) is 3. The summed E-state index contributed by atoms with van der Waals surface area (Å²) in [4.78, 5) is 11.8. The second kappa shape index (κ2) is 6.07. The maximum absolute atomic E-state index is 11.8. The van der Waals surface area contributed by atoms with Crippen LogP contribution in [0.4, 0.5) is 0 Å². The average molecular weight is 300 g/mol. The van der Waals surface area contributed by atoms with Crippen LogP contribution in [0.1, 0.15) is 5.56 Å². The maximum atomic E-state index is 11.8. The van der Waals surface area contributed by atoms with E-state index in [1.165, 1.54) is 13.2 Å². The van der Waals surface area contributed by atoms with Crippen LogP contribution in [0.2, 0.25) is 0 Å². The van der Waals surface area contributed by atoms with Crippen molar-refractivity contribution in [1.82, 2.24) is 0 Å². The van der Waals surface area contributed by atoms with Crippen LogP contribution in [0.3, 0.4) is 0 Å². The van der Waals surface area contributed by atoms with Gasteiger partial charge in [-0.1, -0.05) is 18.2 Å². The van der Waals surface area contributed by atoms with Crippen LogP contribution in [0, 0.1) is 0 Å². The summed E-state index contributed by atoms with van der Waals surface area (Å²) < 4.78 is 16.2. The fourth-order valence-corrected chi connectivity index (χ4v) is 2.50. The quantitative estimate of drug-likeness (QED) is 0.939. The topological polar surface area (TPSA) is 65.0 Å². The number of fused-ring (bicyclic) bond motifs is 1. The largest absolute Gasteiger partial charge is 0.493 e. The normalized spacial score (nSPS) is 12.8. The standard InChI is InChI=1S/C17H16O5/c1-20-15-6-3-11(2-5-14(15)19)12-4-7-16-17(13(12)10-18)22-9-8-21-16/h2-7,18H,8-10H2,1H3. The Balaban J connectivity index is 2.16. The van der Waals surface area contributed by atoms with E-state index in [1.54, 1.807) is 18.2 Å². The highest BCUT2D eigenvalue weighted by atomic mass is 16.6. The van der Waals surface area contributed by atoms with Gasteiger partial charge >= 0.3 is 0 Å². The Morgan fingerprint density at radius 3 is 2.64 bits per heavy atom. The molecule has 1 N–H and O–H groups in total. The Labute approximate surface area is 127 Å². The van der Waals surface area contributed by atoms with Gasteiger partial charge < -0.3 is 19.3 Å². The molecule has 2 aromatic rings. The fourth-order valence-electron chi connectivity index (χ4n) is 2.50. The van der Waals surface area contributed by atoms with E-state index in [1.807, 2.05) is 12.1 Å². The Morgan fingerprint density at radius 2 is 1.86 bits per heavy atom. The molecule has 1 aliphatic rings. The maximum Gasteiger partial charge on any atom is 0.220 e. The summed E-state index contributed by atoms with van der Waals surface area (Å²) in [5.41, 5.74) is 2.04. The third kappa shape index (κ3) is 2.51. The Bertz CT molecular complexity index is 754. The van der Waals surface area contributed by atoms with Gasteiger partial charge in [-0.15, -0.1) is 0 Å². The lowest BCUT2D eigenvalue weighted by Crippen LogP contribution is -2.17. The summed E-state index contributed by atoms with van der Waals surface area (Å²) in [5, 5.41) is 9.73. The van der Waals surface area contributed by atoms with Gasteiger partial charge in [0, 0.05) is 5.56 Å². The zero-order valence-electron chi connectivity index (χ0n) is 12.2. The number of methoxy groups -OCH3 is 1. The van der Waals surface area contributed by atoms with Crippen molar-refractivity contribution in [1.29, 1.82) is 0 Å². The number of aliphatic hydroxyl groups excluding tert-OH is 1. The van der Waals surface area contributed by atoms with Crippen molar-refractivity contribution in [3.8, 4) is 28.4 Å². The van der Waals surface area contributed by atoms with Gasteiger partial charge in [-0.3, -0.25) is 4.79 Å². The molecule has 5 nitrogen and oxygen atoms in total. The summed E-state index contributed by atoms with van der Waals surface area (Å²) in [7, 11) is 1.46.